The van der Waals surface area contributed by atoms with Gasteiger partial charge in [-0.25, -0.2) is 0 Å². The van der Waals surface area contributed by atoms with Gasteiger partial charge in [0.15, 0.2) is 0 Å². The van der Waals surface area contributed by atoms with Gasteiger partial charge in [-0.3, -0.25) is 0 Å². The molecule has 25 heavy (non-hydrogen) atoms. The molecule has 2 aromatic rings. The zero-order valence-electron chi connectivity index (χ0n) is 13.6. The third kappa shape index (κ3) is 3.13. The summed E-state index contributed by atoms with van der Waals surface area (Å²) in [6.45, 7) is 0. The van der Waals surface area contributed by atoms with E-state index in [9.17, 15) is 18.3 Å². The lowest BCUT2D eigenvalue weighted by atomic mass is 9.77. The summed E-state index contributed by atoms with van der Waals surface area (Å²) in [5.41, 5.74) is 2.15. The van der Waals surface area contributed by atoms with E-state index in [1.165, 1.54) is 12.1 Å². The minimum Gasteiger partial charge on any atom is -0.462 e. The Morgan fingerprint density at radius 3 is 2.60 bits per heavy atom. The molecule has 132 valence electrons. The van der Waals surface area contributed by atoms with E-state index in [4.69, 9.17) is 4.74 Å². The number of benzene rings is 2. The first kappa shape index (κ1) is 16.5. The van der Waals surface area contributed by atoms with Gasteiger partial charge in [0, 0.05) is 19.3 Å². The van der Waals surface area contributed by atoms with Crippen LogP contribution in [-0.2, 0) is 12.6 Å². The third-order valence-corrected chi connectivity index (χ3v) is 5.22. The Morgan fingerprint density at radius 2 is 1.88 bits per heavy atom. The number of alkyl halides is 3. The molecule has 2 nitrogen and oxygen atoms in total. The van der Waals surface area contributed by atoms with Crippen molar-refractivity contribution in [2.24, 2.45) is 0 Å². The number of fused-ring (bicyclic) bond motifs is 4. The molecule has 2 bridgehead atoms. The Morgan fingerprint density at radius 1 is 1.12 bits per heavy atom. The zero-order chi connectivity index (χ0) is 17.7. The molecule has 2 aromatic carbocycles. The number of ether oxygens (including phenoxy) is 1. The summed E-state index contributed by atoms with van der Waals surface area (Å²) in [6, 6.07) is 11.1. The molecule has 0 spiro atoms. The van der Waals surface area contributed by atoms with Gasteiger partial charge in [-0.1, -0.05) is 30.3 Å². The van der Waals surface area contributed by atoms with Crippen molar-refractivity contribution in [3.8, 4) is 5.75 Å². The average Bonchev–Trinajstić information content (AvgIpc) is 2.55. The number of para-hydroxylation sites is 1. The van der Waals surface area contributed by atoms with Crippen molar-refractivity contribution in [2.45, 2.75) is 50.0 Å². The summed E-state index contributed by atoms with van der Waals surface area (Å²) < 4.78 is 44.0. The first-order valence-corrected chi connectivity index (χ1v) is 8.53. The van der Waals surface area contributed by atoms with Crippen LogP contribution in [0.15, 0.2) is 42.5 Å². The first-order chi connectivity index (χ1) is 11.8. The molecule has 4 rings (SSSR count). The molecule has 0 aromatic heterocycles. The van der Waals surface area contributed by atoms with Gasteiger partial charge in [-0.2, -0.15) is 13.2 Å². The molecular weight excluding hydrogens is 329 g/mol. The summed E-state index contributed by atoms with van der Waals surface area (Å²) in [7, 11) is 0. The fourth-order valence-corrected chi connectivity index (χ4v) is 3.98. The Kier molecular flexibility index (Phi) is 3.80. The molecule has 2 aliphatic rings. The van der Waals surface area contributed by atoms with Crippen molar-refractivity contribution >= 4 is 0 Å². The molecule has 1 saturated carbocycles. The fraction of sp³-hybridized carbons (Fsp3) is 0.400. The Bertz CT molecular complexity index is 783. The lowest BCUT2D eigenvalue weighted by molar-refractivity contribution is -0.172. The van der Waals surface area contributed by atoms with Crippen molar-refractivity contribution in [1.29, 1.82) is 0 Å². The van der Waals surface area contributed by atoms with Crippen LogP contribution in [0.25, 0.3) is 0 Å². The summed E-state index contributed by atoms with van der Waals surface area (Å²) in [6.07, 6.45) is -0.647. The van der Waals surface area contributed by atoms with Gasteiger partial charge in [-0.05, 0) is 47.6 Å². The molecule has 1 N–H and O–H groups in total. The van der Waals surface area contributed by atoms with Crippen molar-refractivity contribution in [3.63, 3.8) is 0 Å². The molecule has 1 heterocycles. The van der Waals surface area contributed by atoms with Crippen LogP contribution >= 0.6 is 0 Å². The Labute approximate surface area is 144 Å². The van der Waals surface area contributed by atoms with Crippen LogP contribution in [0.3, 0.4) is 0 Å². The second kappa shape index (κ2) is 5.77. The third-order valence-electron chi connectivity index (χ3n) is 5.22. The number of aliphatic hydroxyl groups is 1. The average molecular weight is 348 g/mol. The van der Waals surface area contributed by atoms with Crippen LogP contribution in [0, 0.1) is 0 Å². The van der Waals surface area contributed by atoms with Gasteiger partial charge in [0.1, 0.15) is 5.75 Å². The van der Waals surface area contributed by atoms with Gasteiger partial charge in [-0.15, -0.1) is 0 Å². The summed E-state index contributed by atoms with van der Waals surface area (Å²) in [5, 5.41) is 10.6. The van der Waals surface area contributed by atoms with E-state index in [1.807, 2.05) is 18.2 Å². The van der Waals surface area contributed by atoms with Crippen LogP contribution in [-0.4, -0.2) is 10.9 Å². The van der Waals surface area contributed by atoms with Crippen LogP contribution < -0.4 is 4.74 Å². The van der Waals surface area contributed by atoms with Crippen LogP contribution in [0.5, 0.6) is 5.75 Å². The molecule has 5 heteroatoms. The van der Waals surface area contributed by atoms with Gasteiger partial charge in [0.2, 0.25) is 5.79 Å². The van der Waals surface area contributed by atoms with Crippen molar-refractivity contribution in [3.05, 3.63) is 64.7 Å². The van der Waals surface area contributed by atoms with E-state index in [-0.39, 0.29) is 5.92 Å². The van der Waals surface area contributed by atoms with E-state index < -0.39 is 17.5 Å². The smallest absolute Gasteiger partial charge is 0.416 e. The van der Waals surface area contributed by atoms with E-state index in [0.717, 1.165) is 41.7 Å². The highest BCUT2D eigenvalue weighted by atomic mass is 19.4. The molecule has 2 unspecified atom stereocenters. The number of rotatable bonds is 2. The van der Waals surface area contributed by atoms with E-state index in [2.05, 4.69) is 0 Å². The topological polar surface area (TPSA) is 29.5 Å². The lowest BCUT2D eigenvalue weighted by Gasteiger charge is -2.43. The highest BCUT2D eigenvalue weighted by Crippen LogP contribution is 2.49. The monoisotopic (exact) mass is 348 g/mol. The van der Waals surface area contributed by atoms with E-state index in [0.29, 0.717) is 25.0 Å². The minimum atomic E-state index is -4.33. The minimum absolute atomic E-state index is 0.287. The second-order valence-electron chi connectivity index (χ2n) is 7.05. The van der Waals surface area contributed by atoms with Gasteiger partial charge in [0.05, 0.1) is 5.56 Å². The molecule has 0 radical (unpaired) electrons. The quantitative estimate of drug-likeness (QED) is 0.824. The molecular formula is C20H19F3O2. The summed E-state index contributed by atoms with van der Waals surface area (Å²) >= 11 is 0. The standard InChI is InChI=1S/C20H19F3O2/c21-20(22,23)16-8-6-13(7-9-16)11-14-3-1-5-17-15-4-2-10-19(24,12-15)25-18(14)17/h1,3,5-9,15,24H,2,4,10-12H2. The zero-order valence-corrected chi connectivity index (χ0v) is 13.6. The van der Waals surface area contributed by atoms with Crippen LogP contribution in [0.2, 0.25) is 0 Å². The predicted molar refractivity (Wildman–Crippen MR) is 87.5 cm³/mol. The Hall–Kier alpha value is -2.01. The summed E-state index contributed by atoms with van der Waals surface area (Å²) in [5.74, 6) is -0.109. The van der Waals surface area contributed by atoms with Crippen LogP contribution in [0.1, 0.15) is 53.9 Å². The predicted octanol–water partition coefficient (Wildman–Crippen LogP) is 5.03. The van der Waals surface area contributed by atoms with Crippen molar-refractivity contribution in [1.82, 2.24) is 0 Å². The SMILES string of the molecule is OC12CCCC(C1)c1cccc(Cc3ccc(C(F)(F)F)cc3)c1O2. The molecule has 1 aliphatic heterocycles. The van der Waals surface area contributed by atoms with Gasteiger partial charge >= 0.3 is 6.18 Å². The lowest BCUT2D eigenvalue weighted by Crippen LogP contribution is -2.43. The van der Waals surface area contributed by atoms with Crippen molar-refractivity contribution in [2.75, 3.05) is 0 Å². The number of hydrogen-bond donors (Lipinski definition) is 1. The molecule has 0 amide bonds. The van der Waals surface area contributed by atoms with Gasteiger partial charge < -0.3 is 9.84 Å². The van der Waals surface area contributed by atoms with E-state index in [1.54, 1.807) is 0 Å². The number of hydrogen-bond acceptors (Lipinski definition) is 2. The Balaban J connectivity index is 1.64. The molecule has 0 saturated heterocycles. The van der Waals surface area contributed by atoms with Crippen LogP contribution in [0.4, 0.5) is 13.2 Å². The molecule has 1 aliphatic carbocycles. The summed E-state index contributed by atoms with van der Waals surface area (Å²) in [4.78, 5) is 0. The highest BCUT2D eigenvalue weighted by Gasteiger charge is 2.43. The van der Waals surface area contributed by atoms with E-state index >= 15 is 0 Å². The molecule has 2 atom stereocenters. The first-order valence-electron chi connectivity index (χ1n) is 8.53. The maximum Gasteiger partial charge on any atom is 0.416 e. The maximum atomic E-state index is 12.7. The normalized spacial score (nSPS) is 25.2. The maximum absolute atomic E-state index is 12.7. The largest absolute Gasteiger partial charge is 0.462 e. The molecule has 1 fully saturated rings. The van der Waals surface area contributed by atoms with Crippen molar-refractivity contribution < 1.29 is 23.0 Å². The highest BCUT2D eigenvalue weighted by molar-refractivity contribution is 5.48. The number of halogens is 3. The van der Waals surface area contributed by atoms with Gasteiger partial charge in [0.25, 0.3) is 0 Å². The second-order valence-corrected chi connectivity index (χ2v) is 7.05. The fourth-order valence-electron chi connectivity index (χ4n) is 3.98.